The number of alkyl halides is 3. The molecular weight excluding hydrogens is 636 g/mol. The molecule has 0 aliphatic rings. The summed E-state index contributed by atoms with van der Waals surface area (Å²) in [5.74, 6) is 0. The molecule has 0 saturated carbocycles. The van der Waals surface area contributed by atoms with E-state index in [1.54, 1.807) is 0 Å². The molecule has 0 amide bonds. The Hall–Kier alpha value is -4.81. The van der Waals surface area contributed by atoms with Gasteiger partial charge in [0.25, 0.3) is 0 Å². The van der Waals surface area contributed by atoms with Gasteiger partial charge in [0.15, 0.2) is 10.1 Å². The number of halogens is 3. The van der Waals surface area contributed by atoms with E-state index in [1.807, 2.05) is 0 Å². The van der Waals surface area contributed by atoms with Crippen LogP contribution >= 0.6 is 7.92 Å². The van der Waals surface area contributed by atoms with Gasteiger partial charge in [-0.05, 0) is 80.2 Å². The van der Waals surface area contributed by atoms with Crippen LogP contribution in [0.2, 0.25) is 0 Å². The summed E-state index contributed by atoms with van der Waals surface area (Å²) in [7, 11) is -7.25. The monoisotopic (exact) mass is 664 g/mol. The molecular formula is C39H28F3O3PS. The lowest BCUT2D eigenvalue weighted by Gasteiger charge is -2.13. The zero-order valence-electron chi connectivity index (χ0n) is 24.9. The van der Waals surface area contributed by atoms with E-state index < -0.39 is 23.5 Å². The number of rotatable bonds is 5. The van der Waals surface area contributed by atoms with E-state index in [2.05, 4.69) is 164 Å². The first kappa shape index (κ1) is 32.1. The molecule has 0 radical (unpaired) electrons. The Balaban J connectivity index is 0.000000431. The molecule has 8 heteroatoms. The molecule has 234 valence electrons. The van der Waals surface area contributed by atoms with Gasteiger partial charge in [0, 0.05) is 0 Å². The van der Waals surface area contributed by atoms with Crippen LogP contribution in [0.5, 0.6) is 0 Å². The molecule has 7 aromatic rings. The van der Waals surface area contributed by atoms with Crippen LogP contribution in [0, 0.1) is 0 Å². The maximum atomic E-state index is 10.7. The van der Waals surface area contributed by atoms with E-state index in [9.17, 15) is 13.2 Å². The van der Waals surface area contributed by atoms with Crippen molar-refractivity contribution in [1.82, 2.24) is 0 Å². The summed E-state index contributed by atoms with van der Waals surface area (Å²) < 4.78 is 58.9. The second-order valence-electron chi connectivity index (χ2n) is 10.8. The number of hydrogen-bond donors (Lipinski definition) is 0. The van der Waals surface area contributed by atoms with E-state index in [1.165, 1.54) is 59.7 Å². The fourth-order valence-electron chi connectivity index (χ4n) is 5.69. The Morgan fingerprint density at radius 1 is 0.447 bits per heavy atom. The Morgan fingerprint density at radius 2 is 0.787 bits per heavy atom. The molecule has 7 aromatic carbocycles. The standard InChI is InChI=1S/C38H27P.CHF3O3S/c1-2-14-32(15-3-1)39(33-24-20-30(21-25-33)37-18-8-12-28-10-4-6-16-35(28)37)34-26-22-31(23-27-34)38-19-9-13-29-11-5-7-17-36(29)38;2-1(3,4)8(5,6)7/h1-27H;(H,5,6,7). The van der Waals surface area contributed by atoms with Crippen molar-refractivity contribution in [3.8, 4) is 22.3 Å². The fourth-order valence-corrected chi connectivity index (χ4v) is 8.22. The van der Waals surface area contributed by atoms with Gasteiger partial charge >= 0.3 is 5.51 Å². The second-order valence-corrected chi connectivity index (χ2v) is 14.7. The largest absolute Gasteiger partial charge is 0.741 e. The van der Waals surface area contributed by atoms with Gasteiger partial charge in [0.1, 0.15) is 15.9 Å². The number of hydrogen-bond acceptors (Lipinski definition) is 3. The van der Waals surface area contributed by atoms with Gasteiger partial charge in [-0.15, -0.1) is 0 Å². The van der Waals surface area contributed by atoms with Crippen molar-refractivity contribution >= 4 is 55.5 Å². The zero-order chi connectivity index (χ0) is 33.0. The van der Waals surface area contributed by atoms with Crippen LogP contribution in [0.4, 0.5) is 13.2 Å². The first-order valence-electron chi connectivity index (χ1n) is 14.7. The molecule has 0 fully saturated rings. The lowest BCUT2D eigenvalue weighted by molar-refractivity contribution is -0.0517. The van der Waals surface area contributed by atoms with Crippen LogP contribution in [-0.4, -0.2) is 18.5 Å². The number of benzene rings is 7. The summed E-state index contributed by atoms with van der Waals surface area (Å²) in [4.78, 5) is 0. The van der Waals surface area contributed by atoms with Crippen LogP contribution in [0.25, 0.3) is 43.8 Å². The summed E-state index contributed by atoms with van der Waals surface area (Å²) in [6.07, 6.45) is 0. The van der Waals surface area contributed by atoms with Crippen LogP contribution in [0.1, 0.15) is 0 Å². The molecule has 0 aliphatic carbocycles. The highest BCUT2D eigenvalue weighted by molar-refractivity contribution is 7.86. The Kier molecular flexibility index (Phi) is 9.24. The van der Waals surface area contributed by atoms with Gasteiger partial charge in [-0.3, -0.25) is 0 Å². The zero-order valence-corrected chi connectivity index (χ0v) is 26.7. The maximum Gasteiger partial charge on any atom is 0.485 e. The van der Waals surface area contributed by atoms with Gasteiger partial charge in [-0.2, -0.15) is 13.2 Å². The average Bonchev–Trinajstić information content (AvgIpc) is 3.08. The predicted molar refractivity (Wildman–Crippen MR) is 188 cm³/mol. The van der Waals surface area contributed by atoms with Gasteiger partial charge < -0.3 is 4.55 Å². The average molecular weight is 665 g/mol. The van der Waals surface area contributed by atoms with Crippen molar-refractivity contribution in [2.75, 3.05) is 0 Å². The molecule has 0 heterocycles. The van der Waals surface area contributed by atoms with Crippen molar-refractivity contribution in [2.24, 2.45) is 0 Å². The summed E-state index contributed by atoms with van der Waals surface area (Å²) in [6, 6.07) is 60.0. The summed E-state index contributed by atoms with van der Waals surface area (Å²) in [5, 5.41) is 9.34. The van der Waals surface area contributed by atoms with Crippen LogP contribution in [-0.2, 0) is 10.1 Å². The summed E-state index contributed by atoms with van der Waals surface area (Å²) in [5.41, 5.74) is -0.555. The fraction of sp³-hybridized carbons (Fsp3) is 0.0256. The Bertz CT molecular complexity index is 2120. The first-order valence-corrected chi connectivity index (χ1v) is 17.6. The van der Waals surface area contributed by atoms with Crippen LogP contribution < -0.4 is 15.9 Å². The molecule has 7 rings (SSSR count). The molecule has 0 N–H and O–H groups in total. The summed E-state index contributed by atoms with van der Waals surface area (Å²) >= 11 is 0. The lowest BCUT2D eigenvalue weighted by atomic mass is 9.98. The lowest BCUT2D eigenvalue weighted by Crippen LogP contribution is -2.21. The highest BCUT2D eigenvalue weighted by Gasteiger charge is 2.37. The van der Waals surface area contributed by atoms with E-state index in [-0.39, 0.29) is 0 Å². The minimum absolute atomic E-state index is 1.16. The topological polar surface area (TPSA) is 57.2 Å². The van der Waals surface area contributed by atoms with Gasteiger partial charge in [0.2, 0.25) is 0 Å². The highest BCUT2D eigenvalue weighted by atomic mass is 32.2. The molecule has 0 saturated heterocycles. The molecule has 3 nitrogen and oxygen atoms in total. The number of fused-ring (bicyclic) bond motifs is 2. The molecule has 0 aromatic heterocycles. The third-order valence-corrected chi connectivity index (χ3v) is 11.2. The predicted octanol–water partition coefficient (Wildman–Crippen LogP) is 8.87. The minimum atomic E-state index is -6.09. The normalized spacial score (nSPS) is 11.8. The van der Waals surface area contributed by atoms with Gasteiger partial charge in [-0.1, -0.05) is 127 Å². The quantitative estimate of drug-likeness (QED) is 0.105. The van der Waals surface area contributed by atoms with Crippen molar-refractivity contribution in [1.29, 1.82) is 0 Å². The molecule has 0 spiro atoms. The second kappa shape index (κ2) is 13.5. The maximum absolute atomic E-state index is 10.7. The third kappa shape index (κ3) is 7.13. The molecule has 0 bridgehead atoms. The van der Waals surface area contributed by atoms with Crippen molar-refractivity contribution in [3.63, 3.8) is 0 Å². The van der Waals surface area contributed by atoms with Gasteiger partial charge in [0.05, 0.1) is 7.92 Å². The Labute approximate surface area is 272 Å². The van der Waals surface area contributed by atoms with E-state index in [4.69, 9.17) is 13.0 Å². The molecule has 0 unspecified atom stereocenters. The molecule has 0 aliphatic heterocycles. The Morgan fingerprint density at radius 3 is 1.19 bits per heavy atom. The van der Waals surface area contributed by atoms with Crippen LogP contribution in [0.3, 0.4) is 0 Å². The van der Waals surface area contributed by atoms with Gasteiger partial charge in [-0.25, -0.2) is 8.42 Å². The van der Waals surface area contributed by atoms with Crippen LogP contribution in [0.15, 0.2) is 164 Å². The molecule has 0 atom stereocenters. The van der Waals surface area contributed by atoms with Crippen molar-refractivity contribution < 1.29 is 26.1 Å². The van der Waals surface area contributed by atoms with E-state index in [0.29, 0.717) is 0 Å². The minimum Gasteiger partial charge on any atom is -0.741 e. The van der Waals surface area contributed by atoms with E-state index in [0.717, 1.165) is 0 Å². The third-order valence-electron chi connectivity index (χ3n) is 7.89. The molecule has 47 heavy (non-hydrogen) atoms. The SMILES string of the molecule is O=S(=O)([O-])C(F)(F)F.c1ccc([PH+](c2ccc(-c3cccc4ccccc34)cc2)c2ccc(-c3cccc4ccccc34)cc2)cc1. The van der Waals surface area contributed by atoms with Crippen molar-refractivity contribution in [3.05, 3.63) is 164 Å². The van der Waals surface area contributed by atoms with Crippen molar-refractivity contribution in [2.45, 2.75) is 5.51 Å². The summed E-state index contributed by atoms with van der Waals surface area (Å²) in [6.45, 7) is 0. The van der Waals surface area contributed by atoms with E-state index >= 15 is 0 Å². The highest BCUT2D eigenvalue weighted by Crippen LogP contribution is 2.36. The smallest absolute Gasteiger partial charge is 0.485 e. The first-order chi connectivity index (χ1) is 22.6.